The first-order valence-corrected chi connectivity index (χ1v) is 7.86. The zero-order chi connectivity index (χ0) is 14.9. The predicted molar refractivity (Wildman–Crippen MR) is 85.8 cm³/mol. The molecular formula is C16H25N5. The van der Waals surface area contributed by atoms with Crippen molar-refractivity contribution in [3.63, 3.8) is 0 Å². The van der Waals surface area contributed by atoms with Crippen LogP contribution in [-0.2, 0) is 5.41 Å². The maximum Gasteiger partial charge on any atom is 0.152 e. The first-order valence-electron chi connectivity index (χ1n) is 7.86. The minimum absolute atomic E-state index is 0.0526. The highest BCUT2D eigenvalue weighted by molar-refractivity contribution is 5.68. The standard InChI is InChI=1S/C16H25N5/c1-16(2,3)14-11-13-15(19-9-10-21(13)20-14)18-8-6-12-5-4-7-17-12/h9-12,17H,4-8H2,1-3H3,(H,18,19)/t12-/m1/s1. The Hall–Kier alpha value is -1.62. The van der Waals surface area contributed by atoms with Crippen LogP contribution in [0.25, 0.3) is 5.52 Å². The van der Waals surface area contributed by atoms with Crippen molar-refractivity contribution in [1.29, 1.82) is 0 Å². The van der Waals surface area contributed by atoms with E-state index in [2.05, 4.69) is 47.6 Å². The van der Waals surface area contributed by atoms with Crippen LogP contribution in [0.15, 0.2) is 18.5 Å². The van der Waals surface area contributed by atoms with Crippen LogP contribution in [-0.4, -0.2) is 33.7 Å². The molecule has 5 nitrogen and oxygen atoms in total. The normalized spacial score (nSPS) is 19.3. The van der Waals surface area contributed by atoms with Crippen molar-refractivity contribution < 1.29 is 0 Å². The maximum atomic E-state index is 4.65. The van der Waals surface area contributed by atoms with Crippen LogP contribution >= 0.6 is 0 Å². The van der Waals surface area contributed by atoms with E-state index in [0.29, 0.717) is 6.04 Å². The molecule has 3 heterocycles. The largest absolute Gasteiger partial charge is 0.368 e. The molecule has 0 unspecified atom stereocenters. The van der Waals surface area contributed by atoms with Gasteiger partial charge in [0, 0.05) is 30.4 Å². The van der Waals surface area contributed by atoms with Crippen LogP contribution in [0.4, 0.5) is 5.82 Å². The Labute approximate surface area is 126 Å². The van der Waals surface area contributed by atoms with Crippen molar-refractivity contribution in [2.24, 2.45) is 0 Å². The van der Waals surface area contributed by atoms with Gasteiger partial charge in [-0.05, 0) is 31.9 Å². The van der Waals surface area contributed by atoms with Gasteiger partial charge in [0.25, 0.3) is 0 Å². The van der Waals surface area contributed by atoms with E-state index in [1.54, 1.807) is 0 Å². The number of rotatable bonds is 4. The fourth-order valence-corrected chi connectivity index (χ4v) is 2.79. The molecule has 1 atom stereocenters. The third-order valence-electron chi connectivity index (χ3n) is 4.11. The van der Waals surface area contributed by atoms with Gasteiger partial charge in [-0.15, -0.1) is 0 Å². The van der Waals surface area contributed by atoms with Gasteiger partial charge in [0.05, 0.1) is 5.69 Å². The second kappa shape index (κ2) is 5.64. The van der Waals surface area contributed by atoms with Gasteiger partial charge in [-0.2, -0.15) is 5.10 Å². The highest BCUT2D eigenvalue weighted by atomic mass is 15.2. The van der Waals surface area contributed by atoms with Crippen molar-refractivity contribution in [2.45, 2.75) is 51.5 Å². The van der Waals surface area contributed by atoms with E-state index in [9.17, 15) is 0 Å². The molecule has 0 saturated carbocycles. The van der Waals surface area contributed by atoms with Crippen molar-refractivity contribution in [3.8, 4) is 0 Å². The molecular weight excluding hydrogens is 262 g/mol. The van der Waals surface area contributed by atoms with Gasteiger partial charge in [0.2, 0.25) is 0 Å². The molecule has 21 heavy (non-hydrogen) atoms. The summed E-state index contributed by atoms with van der Waals surface area (Å²) in [5, 5.41) is 11.6. The lowest BCUT2D eigenvalue weighted by Crippen LogP contribution is -2.24. The summed E-state index contributed by atoms with van der Waals surface area (Å²) in [6, 6.07) is 2.80. The van der Waals surface area contributed by atoms with Crippen LogP contribution < -0.4 is 10.6 Å². The number of fused-ring (bicyclic) bond motifs is 1. The summed E-state index contributed by atoms with van der Waals surface area (Å²) in [6.45, 7) is 8.65. The monoisotopic (exact) mass is 287 g/mol. The van der Waals surface area contributed by atoms with E-state index in [-0.39, 0.29) is 5.41 Å². The molecule has 0 amide bonds. The Morgan fingerprint density at radius 2 is 2.29 bits per heavy atom. The molecule has 2 N–H and O–H groups in total. The number of hydrogen-bond acceptors (Lipinski definition) is 4. The van der Waals surface area contributed by atoms with Crippen molar-refractivity contribution in [2.75, 3.05) is 18.4 Å². The molecule has 1 aliphatic heterocycles. The second-order valence-electron chi connectivity index (χ2n) is 6.89. The quantitative estimate of drug-likeness (QED) is 0.907. The van der Waals surface area contributed by atoms with E-state index in [4.69, 9.17) is 0 Å². The number of anilines is 1. The first-order chi connectivity index (χ1) is 10.0. The lowest BCUT2D eigenvalue weighted by Gasteiger charge is -2.13. The number of nitrogens with zero attached hydrogens (tertiary/aromatic N) is 3. The Kier molecular flexibility index (Phi) is 3.85. The third-order valence-corrected chi connectivity index (χ3v) is 4.11. The molecule has 2 aromatic rings. The Morgan fingerprint density at radius 1 is 1.43 bits per heavy atom. The second-order valence-corrected chi connectivity index (χ2v) is 6.89. The van der Waals surface area contributed by atoms with Crippen molar-refractivity contribution >= 4 is 11.3 Å². The molecule has 0 spiro atoms. The van der Waals surface area contributed by atoms with Crippen LogP contribution in [0.3, 0.4) is 0 Å². The Bertz CT molecular complexity index is 605. The van der Waals surface area contributed by atoms with Gasteiger partial charge in [-0.1, -0.05) is 20.8 Å². The van der Waals surface area contributed by atoms with Crippen molar-refractivity contribution in [3.05, 3.63) is 24.2 Å². The van der Waals surface area contributed by atoms with Crippen LogP contribution in [0, 0.1) is 0 Å². The molecule has 5 heteroatoms. The average molecular weight is 287 g/mol. The van der Waals surface area contributed by atoms with Gasteiger partial charge in [0.1, 0.15) is 5.52 Å². The average Bonchev–Trinajstić information content (AvgIpc) is 3.06. The summed E-state index contributed by atoms with van der Waals surface area (Å²) in [6.07, 6.45) is 7.45. The molecule has 0 aromatic carbocycles. The van der Waals surface area contributed by atoms with Gasteiger partial charge >= 0.3 is 0 Å². The molecule has 1 aliphatic rings. The first kappa shape index (κ1) is 14.3. The van der Waals surface area contributed by atoms with Crippen LogP contribution in [0.5, 0.6) is 0 Å². The Balaban J connectivity index is 1.73. The molecule has 1 fully saturated rings. The summed E-state index contributed by atoms with van der Waals surface area (Å²) >= 11 is 0. The van der Waals surface area contributed by atoms with E-state index >= 15 is 0 Å². The minimum Gasteiger partial charge on any atom is -0.368 e. The summed E-state index contributed by atoms with van der Waals surface area (Å²) in [5.41, 5.74) is 2.20. The smallest absolute Gasteiger partial charge is 0.152 e. The summed E-state index contributed by atoms with van der Waals surface area (Å²) in [7, 11) is 0. The maximum absolute atomic E-state index is 4.65. The fraction of sp³-hybridized carbons (Fsp3) is 0.625. The topological polar surface area (TPSA) is 54.2 Å². The van der Waals surface area contributed by atoms with Gasteiger partial charge < -0.3 is 10.6 Å². The SMILES string of the molecule is CC(C)(C)c1cc2c(NCC[C@H]3CCCN3)nccn2n1. The lowest BCUT2D eigenvalue weighted by atomic mass is 9.92. The molecule has 114 valence electrons. The highest BCUT2D eigenvalue weighted by Crippen LogP contribution is 2.24. The van der Waals surface area contributed by atoms with Crippen LogP contribution in [0.1, 0.15) is 45.7 Å². The molecule has 3 rings (SSSR count). The summed E-state index contributed by atoms with van der Waals surface area (Å²) in [5.74, 6) is 0.929. The molecule has 0 bridgehead atoms. The third kappa shape index (κ3) is 3.18. The zero-order valence-electron chi connectivity index (χ0n) is 13.2. The summed E-state index contributed by atoms with van der Waals surface area (Å²) < 4.78 is 1.92. The van der Waals surface area contributed by atoms with E-state index < -0.39 is 0 Å². The number of aromatic nitrogens is 3. The van der Waals surface area contributed by atoms with Gasteiger partial charge in [-0.3, -0.25) is 0 Å². The molecule has 0 radical (unpaired) electrons. The van der Waals surface area contributed by atoms with E-state index in [1.165, 1.54) is 12.8 Å². The lowest BCUT2D eigenvalue weighted by molar-refractivity contribution is 0.562. The van der Waals surface area contributed by atoms with Crippen molar-refractivity contribution in [1.82, 2.24) is 19.9 Å². The fourth-order valence-electron chi connectivity index (χ4n) is 2.79. The van der Waals surface area contributed by atoms with E-state index in [0.717, 1.165) is 36.5 Å². The predicted octanol–water partition coefficient (Wildman–Crippen LogP) is 2.58. The number of nitrogens with one attached hydrogen (secondary N) is 2. The highest BCUT2D eigenvalue weighted by Gasteiger charge is 2.19. The molecule has 1 saturated heterocycles. The number of hydrogen-bond donors (Lipinski definition) is 2. The molecule has 2 aromatic heterocycles. The minimum atomic E-state index is 0.0526. The van der Waals surface area contributed by atoms with E-state index in [1.807, 2.05) is 16.9 Å². The Morgan fingerprint density at radius 3 is 3.00 bits per heavy atom. The van der Waals surface area contributed by atoms with Gasteiger partial charge in [0.15, 0.2) is 5.82 Å². The molecule has 0 aliphatic carbocycles. The zero-order valence-corrected chi connectivity index (χ0v) is 13.2. The van der Waals surface area contributed by atoms with Gasteiger partial charge in [-0.25, -0.2) is 9.50 Å². The van der Waals surface area contributed by atoms with Crippen LogP contribution in [0.2, 0.25) is 0 Å². The summed E-state index contributed by atoms with van der Waals surface area (Å²) in [4.78, 5) is 4.47.